The van der Waals surface area contributed by atoms with Gasteiger partial charge in [-0.15, -0.1) is 0 Å². The van der Waals surface area contributed by atoms with E-state index in [0.29, 0.717) is 50.4 Å². The number of rotatable bonds is 4. The normalized spacial score (nSPS) is 21.0. The van der Waals surface area contributed by atoms with Crippen LogP contribution < -0.4 is 5.56 Å². The van der Waals surface area contributed by atoms with Crippen LogP contribution in [-0.4, -0.2) is 51.2 Å². The van der Waals surface area contributed by atoms with Crippen LogP contribution in [0, 0.1) is 5.92 Å². The number of hydrogen-bond acceptors (Lipinski definition) is 4. The Balaban J connectivity index is 1.28. The third-order valence-electron chi connectivity index (χ3n) is 6.98. The predicted octanol–water partition coefficient (Wildman–Crippen LogP) is 2.01. The minimum atomic E-state index is -0.0928. The van der Waals surface area contributed by atoms with E-state index in [2.05, 4.69) is 4.98 Å². The number of carbonyl (C=O) groups is 2. The van der Waals surface area contributed by atoms with Gasteiger partial charge in [0.25, 0.3) is 5.56 Å². The highest BCUT2D eigenvalue weighted by Gasteiger charge is 2.34. The van der Waals surface area contributed by atoms with Gasteiger partial charge in [0.2, 0.25) is 11.8 Å². The number of amides is 2. The lowest BCUT2D eigenvalue weighted by molar-refractivity contribution is -0.139. The molecule has 1 saturated carbocycles. The zero-order valence-electron chi connectivity index (χ0n) is 17.7. The Morgan fingerprint density at radius 3 is 2.61 bits per heavy atom. The van der Waals surface area contributed by atoms with Gasteiger partial charge in [-0.2, -0.15) is 0 Å². The van der Waals surface area contributed by atoms with Crippen LogP contribution in [0.4, 0.5) is 0 Å². The van der Waals surface area contributed by atoms with Crippen LogP contribution in [0.2, 0.25) is 0 Å². The molecule has 1 aromatic carbocycles. The summed E-state index contributed by atoms with van der Waals surface area (Å²) in [6, 6.07) is 9.75. The molecule has 1 aromatic heterocycles. The molecule has 1 N–H and O–H groups in total. The Hall–Kier alpha value is -2.96. The van der Waals surface area contributed by atoms with Crippen LogP contribution in [0.25, 0.3) is 0 Å². The lowest BCUT2D eigenvalue weighted by Crippen LogP contribution is -2.43. The molecule has 1 saturated heterocycles. The van der Waals surface area contributed by atoms with Gasteiger partial charge in [0.1, 0.15) is 5.82 Å². The molecule has 5 rings (SSSR count). The second-order valence-electron chi connectivity index (χ2n) is 9.00. The van der Waals surface area contributed by atoms with Crippen molar-refractivity contribution < 1.29 is 9.59 Å². The van der Waals surface area contributed by atoms with Gasteiger partial charge < -0.3 is 14.8 Å². The number of nitrogens with one attached hydrogen (secondary N) is 1. The fourth-order valence-electron chi connectivity index (χ4n) is 4.85. The van der Waals surface area contributed by atoms with Crippen molar-refractivity contribution in [1.82, 2.24) is 19.8 Å². The largest absolute Gasteiger partial charge is 0.342 e. The summed E-state index contributed by atoms with van der Waals surface area (Å²) < 4.78 is 0. The first kappa shape index (κ1) is 20.0. The fraction of sp³-hybridized carbons (Fsp3) is 0.500. The number of aromatic nitrogens is 2. The minimum absolute atomic E-state index is 0.0235. The average molecular weight is 421 g/mol. The van der Waals surface area contributed by atoms with E-state index in [1.54, 1.807) is 0 Å². The molecule has 162 valence electrons. The molecule has 1 aliphatic carbocycles. The first-order chi connectivity index (χ1) is 15.1. The van der Waals surface area contributed by atoms with E-state index in [0.717, 1.165) is 36.9 Å². The number of aromatic amines is 1. The summed E-state index contributed by atoms with van der Waals surface area (Å²) in [6.07, 6.45) is 4.82. The molecule has 3 aliphatic rings. The van der Waals surface area contributed by atoms with Crippen molar-refractivity contribution in [2.75, 3.05) is 19.6 Å². The molecule has 2 fully saturated rings. The summed E-state index contributed by atoms with van der Waals surface area (Å²) in [5.41, 5.74) is 2.35. The van der Waals surface area contributed by atoms with Crippen molar-refractivity contribution in [2.45, 2.75) is 51.0 Å². The van der Waals surface area contributed by atoms with E-state index in [4.69, 9.17) is 4.98 Å². The quantitative estimate of drug-likeness (QED) is 0.820. The molecule has 1 unspecified atom stereocenters. The van der Waals surface area contributed by atoms with Crippen LogP contribution >= 0.6 is 0 Å². The maximum Gasteiger partial charge on any atom is 0.254 e. The van der Waals surface area contributed by atoms with Crippen molar-refractivity contribution in [3.05, 3.63) is 63.3 Å². The highest BCUT2D eigenvalue weighted by atomic mass is 16.2. The van der Waals surface area contributed by atoms with E-state index in [1.165, 1.54) is 0 Å². The van der Waals surface area contributed by atoms with Crippen molar-refractivity contribution in [3.63, 3.8) is 0 Å². The summed E-state index contributed by atoms with van der Waals surface area (Å²) in [5.74, 6) is 1.14. The predicted molar refractivity (Wildman–Crippen MR) is 115 cm³/mol. The SMILES string of the molecule is O=C(Cc1ccccc1)N1CCC(c2nc3c(c(=O)[nH]2)CCN(C(=O)C2CCC2)C3)C1. The summed E-state index contributed by atoms with van der Waals surface area (Å²) >= 11 is 0. The zero-order chi connectivity index (χ0) is 21.4. The van der Waals surface area contributed by atoms with E-state index in [1.807, 2.05) is 40.1 Å². The number of benzene rings is 1. The number of nitrogens with zero attached hydrogens (tertiary/aromatic N) is 3. The van der Waals surface area contributed by atoms with Gasteiger partial charge in [0.15, 0.2) is 0 Å². The second-order valence-corrected chi connectivity index (χ2v) is 9.00. The van der Waals surface area contributed by atoms with Gasteiger partial charge in [-0.1, -0.05) is 36.8 Å². The Morgan fingerprint density at radius 2 is 1.87 bits per heavy atom. The lowest BCUT2D eigenvalue weighted by Gasteiger charge is -2.34. The van der Waals surface area contributed by atoms with Crippen molar-refractivity contribution >= 4 is 11.8 Å². The molecular weight excluding hydrogens is 392 g/mol. The van der Waals surface area contributed by atoms with Crippen molar-refractivity contribution in [1.29, 1.82) is 0 Å². The number of fused-ring (bicyclic) bond motifs is 1. The van der Waals surface area contributed by atoms with Crippen molar-refractivity contribution in [3.8, 4) is 0 Å². The monoisotopic (exact) mass is 420 g/mol. The van der Waals surface area contributed by atoms with E-state index in [9.17, 15) is 14.4 Å². The molecule has 7 nitrogen and oxygen atoms in total. The topological polar surface area (TPSA) is 86.4 Å². The summed E-state index contributed by atoms with van der Waals surface area (Å²) in [4.78, 5) is 49.5. The molecule has 7 heteroatoms. The lowest BCUT2D eigenvalue weighted by atomic mass is 9.84. The smallest absolute Gasteiger partial charge is 0.254 e. The van der Waals surface area contributed by atoms with Gasteiger partial charge >= 0.3 is 0 Å². The van der Waals surface area contributed by atoms with E-state index >= 15 is 0 Å². The third-order valence-corrected chi connectivity index (χ3v) is 6.98. The van der Waals surface area contributed by atoms with Gasteiger partial charge in [0, 0.05) is 37.0 Å². The van der Waals surface area contributed by atoms with Crippen LogP contribution in [0.3, 0.4) is 0 Å². The molecule has 0 bridgehead atoms. The summed E-state index contributed by atoms with van der Waals surface area (Å²) in [6.45, 7) is 2.25. The number of likely N-dealkylation sites (tertiary alicyclic amines) is 1. The number of hydrogen-bond donors (Lipinski definition) is 1. The Morgan fingerprint density at radius 1 is 1.06 bits per heavy atom. The molecular formula is C24H28N4O3. The fourth-order valence-corrected chi connectivity index (χ4v) is 4.85. The van der Waals surface area contributed by atoms with Gasteiger partial charge in [0.05, 0.1) is 18.7 Å². The van der Waals surface area contributed by atoms with Gasteiger partial charge in [-0.3, -0.25) is 14.4 Å². The highest BCUT2D eigenvalue weighted by Crippen LogP contribution is 2.30. The third kappa shape index (κ3) is 4.01. The molecule has 3 heterocycles. The standard InChI is InChI=1S/C24H28N4O3/c29-21(13-16-5-2-1-3-6-16)27-11-9-18(14-27)22-25-20-15-28(24(31)17-7-4-8-17)12-10-19(20)23(30)26-22/h1-3,5-6,17-18H,4,7-15H2,(H,25,26,30). The summed E-state index contributed by atoms with van der Waals surface area (Å²) in [5, 5.41) is 0. The Kier molecular flexibility index (Phi) is 5.34. The molecule has 1 atom stereocenters. The molecule has 2 aromatic rings. The molecule has 31 heavy (non-hydrogen) atoms. The van der Waals surface area contributed by atoms with Gasteiger partial charge in [-0.05, 0) is 31.2 Å². The molecule has 2 amide bonds. The molecule has 2 aliphatic heterocycles. The first-order valence-electron chi connectivity index (χ1n) is 11.3. The van der Waals surface area contributed by atoms with Crippen LogP contribution in [0.15, 0.2) is 35.1 Å². The Labute approximate surface area is 181 Å². The number of carbonyl (C=O) groups excluding carboxylic acids is 2. The van der Waals surface area contributed by atoms with E-state index < -0.39 is 0 Å². The first-order valence-corrected chi connectivity index (χ1v) is 11.3. The summed E-state index contributed by atoms with van der Waals surface area (Å²) in [7, 11) is 0. The van der Waals surface area contributed by atoms with Crippen LogP contribution in [0.5, 0.6) is 0 Å². The van der Waals surface area contributed by atoms with Crippen molar-refractivity contribution in [2.24, 2.45) is 5.92 Å². The van der Waals surface area contributed by atoms with Gasteiger partial charge in [-0.25, -0.2) is 4.98 Å². The van der Waals surface area contributed by atoms with E-state index in [-0.39, 0.29) is 29.2 Å². The maximum atomic E-state index is 12.7. The number of H-pyrrole nitrogens is 1. The molecule has 0 radical (unpaired) electrons. The molecule has 0 spiro atoms. The minimum Gasteiger partial charge on any atom is -0.342 e. The Bertz CT molecular complexity index is 1040. The highest BCUT2D eigenvalue weighted by molar-refractivity contribution is 5.80. The second kappa shape index (κ2) is 8.29. The average Bonchev–Trinajstić information content (AvgIpc) is 3.23. The zero-order valence-corrected chi connectivity index (χ0v) is 17.7. The van der Waals surface area contributed by atoms with Crippen LogP contribution in [0.1, 0.15) is 54.2 Å². The van der Waals surface area contributed by atoms with Crippen LogP contribution in [-0.2, 0) is 29.0 Å². The maximum absolute atomic E-state index is 12.7.